The van der Waals surface area contributed by atoms with Crippen molar-refractivity contribution in [3.8, 4) is 0 Å². The van der Waals surface area contributed by atoms with Gasteiger partial charge in [-0.2, -0.15) is 0 Å². The van der Waals surface area contributed by atoms with Crippen LogP contribution in [0.1, 0.15) is 30.6 Å². The minimum Gasteiger partial charge on any atom is -0.409 e. The molecule has 0 fully saturated rings. The second-order valence-electron chi connectivity index (χ2n) is 4.69. The number of oxime groups is 1. The zero-order chi connectivity index (χ0) is 16.2. The van der Waals surface area contributed by atoms with E-state index in [0.717, 1.165) is 0 Å². The molecular weight excluding hydrogens is 287 g/mol. The normalized spacial score (nSPS) is 11.8. The Labute approximate surface area is 119 Å². The number of hydrogen-bond donors (Lipinski definition) is 2. The van der Waals surface area contributed by atoms with Gasteiger partial charge in [0.15, 0.2) is 17.5 Å². The van der Waals surface area contributed by atoms with E-state index in [1.807, 2.05) is 0 Å². The molecule has 8 heteroatoms. The van der Waals surface area contributed by atoms with E-state index < -0.39 is 23.4 Å². The predicted molar refractivity (Wildman–Crippen MR) is 70.5 cm³/mol. The van der Waals surface area contributed by atoms with Gasteiger partial charge in [-0.15, -0.1) is 0 Å². The van der Waals surface area contributed by atoms with Crippen molar-refractivity contribution in [1.82, 2.24) is 4.90 Å². The summed E-state index contributed by atoms with van der Waals surface area (Å²) in [7, 11) is 0. The summed E-state index contributed by atoms with van der Waals surface area (Å²) in [6.45, 7) is 3.48. The summed E-state index contributed by atoms with van der Waals surface area (Å²) in [5.74, 6) is -5.24. The van der Waals surface area contributed by atoms with Gasteiger partial charge in [0.1, 0.15) is 5.84 Å². The van der Waals surface area contributed by atoms with Crippen LogP contribution in [0.3, 0.4) is 0 Å². The van der Waals surface area contributed by atoms with Crippen molar-refractivity contribution >= 4 is 11.7 Å². The minimum absolute atomic E-state index is 0.0788. The molecule has 1 aromatic rings. The third-order valence-electron chi connectivity index (χ3n) is 2.85. The number of carbonyl (C=O) groups is 1. The number of rotatable bonds is 5. The highest BCUT2D eigenvalue weighted by Gasteiger charge is 2.22. The SMILES string of the molecule is CC(C)N(CCC(N)=NO)C(=O)c1cc(F)c(F)c(F)c1. The fraction of sp³-hybridized carbons (Fsp3) is 0.385. The molecule has 3 N–H and O–H groups in total. The number of nitrogens with two attached hydrogens (primary N) is 1. The van der Waals surface area contributed by atoms with E-state index in [4.69, 9.17) is 10.9 Å². The van der Waals surface area contributed by atoms with E-state index in [-0.39, 0.29) is 30.4 Å². The standard InChI is InChI=1S/C13H16F3N3O2/c1-7(2)19(4-3-11(17)18-21)13(20)8-5-9(14)12(16)10(15)6-8/h5-7,21H,3-4H2,1-2H3,(H2,17,18). The van der Waals surface area contributed by atoms with Crippen LogP contribution in [0, 0.1) is 17.5 Å². The molecule has 0 radical (unpaired) electrons. The van der Waals surface area contributed by atoms with Gasteiger partial charge in [0.2, 0.25) is 0 Å². The Kier molecular flexibility index (Phi) is 5.57. The van der Waals surface area contributed by atoms with Crippen molar-refractivity contribution in [2.45, 2.75) is 26.3 Å². The molecule has 0 spiro atoms. The Morgan fingerprint density at radius 2 is 1.86 bits per heavy atom. The molecule has 0 aliphatic carbocycles. The van der Waals surface area contributed by atoms with Crippen LogP contribution in [0.5, 0.6) is 0 Å². The summed E-state index contributed by atoms with van der Waals surface area (Å²) in [5, 5.41) is 11.2. The minimum atomic E-state index is -1.63. The lowest BCUT2D eigenvalue weighted by Gasteiger charge is -2.26. The van der Waals surface area contributed by atoms with E-state index in [2.05, 4.69) is 5.16 Å². The molecule has 1 aromatic carbocycles. The molecule has 0 aliphatic rings. The summed E-state index contributed by atoms with van der Waals surface area (Å²) in [5.41, 5.74) is 5.01. The van der Waals surface area contributed by atoms with Crippen LogP contribution in [0.4, 0.5) is 13.2 Å². The molecule has 1 amide bonds. The quantitative estimate of drug-likeness (QED) is 0.287. The van der Waals surface area contributed by atoms with Crippen molar-refractivity contribution in [2.24, 2.45) is 10.9 Å². The van der Waals surface area contributed by atoms with Crippen LogP contribution >= 0.6 is 0 Å². The van der Waals surface area contributed by atoms with E-state index >= 15 is 0 Å². The molecule has 0 aliphatic heterocycles. The summed E-state index contributed by atoms with van der Waals surface area (Å²) >= 11 is 0. The summed E-state index contributed by atoms with van der Waals surface area (Å²) in [6.07, 6.45) is 0.0899. The second kappa shape index (κ2) is 6.96. The zero-order valence-corrected chi connectivity index (χ0v) is 11.6. The van der Waals surface area contributed by atoms with Crippen LogP contribution < -0.4 is 5.73 Å². The van der Waals surface area contributed by atoms with Gasteiger partial charge < -0.3 is 15.8 Å². The second-order valence-corrected chi connectivity index (χ2v) is 4.69. The monoisotopic (exact) mass is 303 g/mol. The first-order valence-electron chi connectivity index (χ1n) is 6.19. The fourth-order valence-corrected chi connectivity index (χ4v) is 1.72. The lowest BCUT2D eigenvalue weighted by atomic mass is 10.1. The maximum Gasteiger partial charge on any atom is 0.254 e. The van der Waals surface area contributed by atoms with Gasteiger partial charge in [0, 0.05) is 24.6 Å². The van der Waals surface area contributed by atoms with Crippen LogP contribution in [-0.2, 0) is 0 Å². The Balaban J connectivity index is 3.01. The topological polar surface area (TPSA) is 78.9 Å². The molecule has 0 saturated carbocycles. The van der Waals surface area contributed by atoms with E-state index in [1.54, 1.807) is 13.8 Å². The van der Waals surface area contributed by atoms with Crippen molar-refractivity contribution in [2.75, 3.05) is 6.54 Å². The van der Waals surface area contributed by atoms with Crippen LogP contribution in [0.15, 0.2) is 17.3 Å². The first-order chi connectivity index (χ1) is 9.77. The van der Waals surface area contributed by atoms with Crippen molar-refractivity contribution in [3.05, 3.63) is 35.1 Å². The lowest BCUT2D eigenvalue weighted by molar-refractivity contribution is 0.0709. The molecule has 0 unspecified atom stereocenters. The average molecular weight is 303 g/mol. The number of hydrogen-bond acceptors (Lipinski definition) is 3. The first-order valence-corrected chi connectivity index (χ1v) is 6.19. The Morgan fingerprint density at radius 1 is 1.33 bits per heavy atom. The molecule has 1 rings (SSSR count). The van der Waals surface area contributed by atoms with Gasteiger partial charge in [0.25, 0.3) is 5.91 Å². The maximum atomic E-state index is 13.2. The predicted octanol–water partition coefficient (Wildman–Crippen LogP) is 2.09. The molecule has 0 heterocycles. The van der Waals surface area contributed by atoms with Gasteiger partial charge in [0.05, 0.1) is 0 Å². The maximum absolute atomic E-state index is 13.2. The van der Waals surface area contributed by atoms with Crippen LogP contribution in [-0.4, -0.2) is 34.4 Å². The zero-order valence-electron chi connectivity index (χ0n) is 11.6. The largest absolute Gasteiger partial charge is 0.409 e. The highest BCUT2D eigenvalue weighted by molar-refractivity contribution is 5.94. The average Bonchev–Trinajstić information content (AvgIpc) is 2.43. The Hall–Kier alpha value is -2.25. The molecule has 0 bridgehead atoms. The number of amidine groups is 1. The number of benzene rings is 1. The summed E-state index contributed by atoms with van der Waals surface area (Å²) in [4.78, 5) is 13.5. The summed E-state index contributed by atoms with van der Waals surface area (Å²) in [6, 6.07) is 0.986. The Morgan fingerprint density at radius 3 is 2.29 bits per heavy atom. The molecular formula is C13H16F3N3O2. The smallest absolute Gasteiger partial charge is 0.254 e. The van der Waals surface area contributed by atoms with E-state index in [1.165, 1.54) is 4.90 Å². The number of carbonyl (C=O) groups excluding carboxylic acids is 1. The van der Waals surface area contributed by atoms with Gasteiger partial charge in [-0.25, -0.2) is 13.2 Å². The van der Waals surface area contributed by atoms with E-state index in [9.17, 15) is 18.0 Å². The van der Waals surface area contributed by atoms with Gasteiger partial charge in [-0.1, -0.05) is 5.16 Å². The number of amides is 1. The highest BCUT2D eigenvalue weighted by Crippen LogP contribution is 2.16. The van der Waals surface area contributed by atoms with Crippen LogP contribution in [0.2, 0.25) is 0 Å². The lowest BCUT2D eigenvalue weighted by Crippen LogP contribution is -2.39. The van der Waals surface area contributed by atoms with E-state index in [0.29, 0.717) is 12.1 Å². The highest BCUT2D eigenvalue weighted by atomic mass is 19.2. The molecule has 0 aromatic heterocycles. The van der Waals surface area contributed by atoms with Crippen LogP contribution in [0.25, 0.3) is 0 Å². The summed E-state index contributed by atoms with van der Waals surface area (Å²) < 4.78 is 39.2. The third kappa shape index (κ3) is 4.11. The third-order valence-corrected chi connectivity index (χ3v) is 2.85. The number of halogens is 3. The van der Waals surface area contributed by atoms with Gasteiger partial charge >= 0.3 is 0 Å². The van der Waals surface area contributed by atoms with Crippen molar-refractivity contribution in [1.29, 1.82) is 0 Å². The molecule has 21 heavy (non-hydrogen) atoms. The molecule has 0 atom stereocenters. The molecule has 5 nitrogen and oxygen atoms in total. The first kappa shape index (κ1) is 16.8. The van der Waals surface area contributed by atoms with Crippen molar-refractivity contribution in [3.63, 3.8) is 0 Å². The Bertz CT molecular complexity index is 539. The number of nitrogens with zero attached hydrogens (tertiary/aromatic N) is 2. The van der Waals surface area contributed by atoms with Crippen molar-refractivity contribution < 1.29 is 23.2 Å². The van der Waals surface area contributed by atoms with Gasteiger partial charge in [-0.3, -0.25) is 4.79 Å². The fourth-order valence-electron chi connectivity index (χ4n) is 1.72. The molecule has 0 saturated heterocycles. The molecule has 116 valence electrons. The van der Waals surface area contributed by atoms with Gasteiger partial charge in [-0.05, 0) is 26.0 Å².